The van der Waals surface area contributed by atoms with E-state index in [9.17, 15) is 5.11 Å². The molecule has 1 heterocycles. The molecule has 100 valence electrons. The van der Waals surface area contributed by atoms with E-state index in [0.29, 0.717) is 23.7 Å². The zero-order chi connectivity index (χ0) is 13.2. The largest absolute Gasteiger partial charge is 0.394 e. The summed E-state index contributed by atoms with van der Waals surface area (Å²) in [6.07, 6.45) is 4.97. The fraction of sp³-hybridized carbons (Fsp3) is 0.667. The molecule has 0 amide bonds. The average molecular weight is 271 g/mol. The van der Waals surface area contributed by atoms with Crippen LogP contribution in [0.1, 0.15) is 37.8 Å². The first kappa shape index (κ1) is 13.4. The number of nitrogens with two attached hydrogens (primary N) is 1. The minimum absolute atomic E-state index is 0.167. The number of aromatic nitrogens is 2. The molecule has 0 bridgehead atoms. The molecule has 1 aliphatic carbocycles. The maximum atomic E-state index is 10.4. The predicted molar refractivity (Wildman–Crippen MR) is 72.7 cm³/mol. The van der Waals surface area contributed by atoms with Gasteiger partial charge in [0.1, 0.15) is 0 Å². The van der Waals surface area contributed by atoms with Crippen LogP contribution in [-0.4, -0.2) is 27.2 Å². The summed E-state index contributed by atoms with van der Waals surface area (Å²) < 4.78 is 0. The van der Waals surface area contributed by atoms with Gasteiger partial charge in [-0.3, -0.25) is 0 Å². The number of rotatable bonds is 3. The smallest absolute Gasteiger partial charge is 0.224 e. The van der Waals surface area contributed by atoms with Crippen molar-refractivity contribution < 1.29 is 5.11 Å². The van der Waals surface area contributed by atoms with Gasteiger partial charge in [-0.2, -0.15) is 4.98 Å². The minimum Gasteiger partial charge on any atom is -0.394 e. The topological polar surface area (TPSA) is 84.1 Å². The Morgan fingerprint density at radius 2 is 2.00 bits per heavy atom. The molecule has 6 heteroatoms. The third-order valence-electron chi connectivity index (χ3n) is 3.48. The first-order valence-electron chi connectivity index (χ1n) is 6.26. The zero-order valence-electron chi connectivity index (χ0n) is 10.5. The van der Waals surface area contributed by atoms with E-state index in [0.717, 1.165) is 25.7 Å². The molecule has 0 aromatic carbocycles. The molecule has 1 aromatic rings. The highest BCUT2D eigenvalue weighted by Crippen LogP contribution is 2.29. The molecular formula is C12H19ClN4O. The Morgan fingerprint density at radius 1 is 1.33 bits per heavy atom. The average Bonchev–Trinajstić information content (AvgIpc) is 2.33. The van der Waals surface area contributed by atoms with Crippen molar-refractivity contribution in [2.24, 2.45) is 0 Å². The lowest BCUT2D eigenvalue weighted by atomic mass is 9.85. The van der Waals surface area contributed by atoms with Gasteiger partial charge in [0, 0.05) is 6.54 Å². The number of nitrogens with one attached hydrogen (secondary N) is 1. The van der Waals surface area contributed by atoms with Crippen molar-refractivity contribution in [3.63, 3.8) is 0 Å². The molecule has 1 aliphatic rings. The van der Waals surface area contributed by atoms with Crippen LogP contribution < -0.4 is 11.1 Å². The number of hydrogen-bond donors (Lipinski definition) is 3. The van der Waals surface area contributed by atoms with Gasteiger partial charge >= 0.3 is 0 Å². The van der Waals surface area contributed by atoms with Crippen LogP contribution in [0.15, 0.2) is 0 Å². The third kappa shape index (κ3) is 3.03. The van der Waals surface area contributed by atoms with Crippen molar-refractivity contribution >= 4 is 23.1 Å². The maximum absolute atomic E-state index is 10.4. The van der Waals surface area contributed by atoms with Gasteiger partial charge in [-0.25, -0.2) is 4.98 Å². The zero-order valence-corrected chi connectivity index (χ0v) is 11.3. The highest BCUT2D eigenvalue weighted by Gasteiger charge is 2.29. The van der Waals surface area contributed by atoms with Gasteiger partial charge in [0.05, 0.1) is 17.0 Å². The summed E-state index contributed by atoms with van der Waals surface area (Å²) >= 11 is 5.80. The molecule has 0 unspecified atom stereocenters. The molecule has 5 nitrogen and oxygen atoms in total. The normalized spacial score (nSPS) is 18.6. The van der Waals surface area contributed by atoms with Crippen LogP contribution in [-0.2, 0) is 0 Å². The van der Waals surface area contributed by atoms with Crippen LogP contribution in [0.25, 0.3) is 0 Å². The van der Waals surface area contributed by atoms with Gasteiger partial charge in [-0.15, -0.1) is 0 Å². The molecule has 0 aliphatic heterocycles. The van der Waals surface area contributed by atoms with Crippen LogP contribution in [0, 0.1) is 6.92 Å². The maximum Gasteiger partial charge on any atom is 0.224 e. The van der Waals surface area contributed by atoms with E-state index >= 15 is 0 Å². The summed E-state index contributed by atoms with van der Waals surface area (Å²) in [7, 11) is 0. The molecule has 1 saturated carbocycles. The number of nitrogens with zero attached hydrogens (tertiary/aromatic N) is 2. The van der Waals surface area contributed by atoms with E-state index in [4.69, 9.17) is 17.3 Å². The molecule has 0 atom stereocenters. The number of aliphatic hydroxyl groups is 1. The second-order valence-electron chi connectivity index (χ2n) is 4.98. The fourth-order valence-corrected chi connectivity index (χ4v) is 2.53. The standard InChI is InChI=1S/C12H19ClN4O/c1-8-9(14)10(17-11(13)16-8)15-7-12(18)5-3-2-4-6-12/h18H,2-7,14H2,1H3,(H,15,16,17). The van der Waals surface area contributed by atoms with E-state index in [1.165, 1.54) is 6.42 Å². The Morgan fingerprint density at radius 3 is 2.67 bits per heavy atom. The Bertz CT molecular complexity index is 432. The Hall–Kier alpha value is -1.07. The molecule has 1 fully saturated rings. The highest BCUT2D eigenvalue weighted by atomic mass is 35.5. The number of hydrogen-bond acceptors (Lipinski definition) is 5. The number of halogens is 1. The van der Waals surface area contributed by atoms with Crippen LogP contribution in [0.5, 0.6) is 0 Å². The number of anilines is 2. The highest BCUT2D eigenvalue weighted by molar-refractivity contribution is 6.28. The molecule has 0 spiro atoms. The second-order valence-corrected chi connectivity index (χ2v) is 5.32. The van der Waals surface area contributed by atoms with Gasteiger partial charge in [0.15, 0.2) is 5.82 Å². The fourth-order valence-electron chi connectivity index (χ4n) is 2.32. The van der Waals surface area contributed by atoms with Gasteiger partial charge < -0.3 is 16.2 Å². The van der Waals surface area contributed by atoms with Gasteiger partial charge in [-0.1, -0.05) is 19.3 Å². The first-order chi connectivity index (χ1) is 8.50. The SMILES string of the molecule is Cc1nc(Cl)nc(NCC2(O)CCCCC2)c1N. The monoisotopic (exact) mass is 270 g/mol. The summed E-state index contributed by atoms with van der Waals surface area (Å²) in [5.41, 5.74) is 6.36. The minimum atomic E-state index is -0.657. The summed E-state index contributed by atoms with van der Waals surface area (Å²) in [5, 5.41) is 13.6. The summed E-state index contributed by atoms with van der Waals surface area (Å²) in [6.45, 7) is 2.23. The summed E-state index contributed by atoms with van der Waals surface area (Å²) in [6, 6.07) is 0. The van der Waals surface area contributed by atoms with Crippen molar-refractivity contribution in [1.29, 1.82) is 0 Å². The lowest BCUT2D eigenvalue weighted by Crippen LogP contribution is -2.39. The molecular weight excluding hydrogens is 252 g/mol. The van der Waals surface area contributed by atoms with E-state index in [1.807, 2.05) is 0 Å². The molecule has 2 rings (SSSR count). The van der Waals surface area contributed by atoms with Gasteiger partial charge in [0.25, 0.3) is 0 Å². The molecule has 18 heavy (non-hydrogen) atoms. The summed E-state index contributed by atoms with van der Waals surface area (Å²) in [4.78, 5) is 8.03. The molecule has 0 saturated heterocycles. The van der Waals surface area contributed by atoms with Crippen LogP contribution in [0.4, 0.5) is 11.5 Å². The van der Waals surface area contributed by atoms with Crippen molar-refractivity contribution in [1.82, 2.24) is 9.97 Å². The lowest BCUT2D eigenvalue weighted by molar-refractivity contribution is 0.0167. The summed E-state index contributed by atoms with van der Waals surface area (Å²) in [5.74, 6) is 0.506. The van der Waals surface area contributed by atoms with Gasteiger partial charge in [0.2, 0.25) is 5.28 Å². The molecule has 1 aromatic heterocycles. The number of nitrogen functional groups attached to an aromatic ring is 1. The number of aryl methyl sites for hydroxylation is 1. The van der Waals surface area contributed by atoms with E-state index in [2.05, 4.69) is 15.3 Å². The van der Waals surface area contributed by atoms with E-state index < -0.39 is 5.60 Å². The van der Waals surface area contributed by atoms with Crippen molar-refractivity contribution in [3.05, 3.63) is 11.0 Å². The quantitative estimate of drug-likeness (QED) is 0.733. The van der Waals surface area contributed by atoms with E-state index in [-0.39, 0.29) is 5.28 Å². The van der Waals surface area contributed by atoms with Gasteiger partial charge in [-0.05, 0) is 31.4 Å². The lowest BCUT2D eigenvalue weighted by Gasteiger charge is -2.32. The van der Waals surface area contributed by atoms with Crippen LogP contribution in [0.2, 0.25) is 5.28 Å². The molecule has 0 radical (unpaired) electrons. The van der Waals surface area contributed by atoms with Crippen molar-refractivity contribution in [2.45, 2.75) is 44.6 Å². The second kappa shape index (κ2) is 5.28. The Kier molecular flexibility index (Phi) is 3.92. The third-order valence-corrected chi connectivity index (χ3v) is 3.65. The van der Waals surface area contributed by atoms with Crippen LogP contribution >= 0.6 is 11.6 Å². The molecule has 4 N–H and O–H groups in total. The van der Waals surface area contributed by atoms with E-state index in [1.54, 1.807) is 6.92 Å². The predicted octanol–water partition coefficient (Wildman–Crippen LogP) is 2.13. The Labute approximate surface area is 112 Å². The van der Waals surface area contributed by atoms with Crippen molar-refractivity contribution in [2.75, 3.05) is 17.6 Å². The van der Waals surface area contributed by atoms with Crippen molar-refractivity contribution in [3.8, 4) is 0 Å². The first-order valence-corrected chi connectivity index (χ1v) is 6.64. The Balaban J connectivity index is 2.05. The van der Waals surface area contributed by atoms with Crippen LogP contribution in [0.3, 0.4) is 0 Å².